The summed E-state index contributed by atoms with van der Waals surface area (Å²) in [5.74, 6) is 6.20. The molecule has 0 unspecified atom stereocenters. The molecule has 3 heteroatoms. The number of hydrazine groups is 1. The summed E-state index contributed by atoms with van der Waals surface area (Å²) in [4.78, 5) is 4.37. The van der Waals surface area contributed by atoms with E-state index in [0.717, 1.165) is 24.4 Å². The largest absolute Gasteiger partial charge is 0.308 e. The molecule has 0 radical (unpaired) electrons. The first kappa shape index (κ1) is 10.7. The van der Waals surface area contributed by atoms with Crippen LogP contribution < -0.4 is 11.3 Å². The molecule has 0 aliphatic heterocycles. The molecular weight excluding hydrogens is 174 g/mol. The minimum atomic E-state index is 0.768. The first-order chi connectivity index (χ1) is 6.79. The predicted octanol–water partition coefficient (Wildman–Crippen LogP) is 1.61. The molecule has 0 heterocycles. The van der Waals surface area contributed by atoms with Gasteiger partial charge in [0.05, 0.1) is 0 Å². The summed E-state index contributed by atoms with van der Waals surface area (Å²) in [7, 11) is 0. The second-order valence-electron chi connectivity index (χ2n) is 3.19. The van der Waals surface area contributed by atoms with Crippen molar-refractivity contribution in [2.75, 3.05) is 6.54 Å². The highest BCUT2D eigenvalue weighted by Gasteiger charge is 2.02. The summed E-state index contributed by atoms with van der Waals surface area (Å²) in [6.45, 7) is 4.94. The van der Waals surface area contributed by atoms with Gasteiger partial charge in [-0.15, -0.1) is 0 Å². The van der Waals surface area contributed by atoms with Gasteiger partial charge in [0.1, 0.15) is 5.84 Å². The van der Waals surface area contributed by atoms with Crippen LogP contribution in [0.2, 0.25) is 0 Å². The highest BCUT2D eigenvalue weighted by atomic mass is 15.2. The average Bonchev–Trinajstić information content (AvgIpc) is 2.21. The Labute approximate surface area is 85.0 Å². The van der Waals surface area contributed by atoms with Crippen LogP contribution >= 0.6 is 0 Å². The molecule has 1 rings (SSSR count). The van der Waals surface area contributed by atoms with Crippen LogP contribution in [0.15, 0.2) is 29.3 Å². The number of nitrogens with zero attached hydrogens (tertiary/aromatic N) is 1. The molecule has 0 aliphatic carbocycles. The number of nitrogens with two attached hydrogens (primary N) is 1. The third kappa shape index (κ3) is 2.57. The van der Waals surface area contributed by atoms with E-state index in [4.69, 9.17) is 5.84 Å². The minimum Gasteiger partial charge on any atom is -0.308 e. The van der Waals surface area contributed by atoms with Gasteiger partial charge in [0.2, 0.25) is 0 Å². The van der Waals surface area contributed by atoms with E-state index in [-0.39, 0.29) is 0 Å². The summed E-state index contributed by atoms with van der Waals surface area (Å²) in [6.07, 6.45) is 1.02. The van der Waals surface area contributed by atoms with Crippen molar-refractivity contribution in [3.63, 3.8) is 0 Å². The van der Waals surface area contributed by atoms with Gasteiger partial charge >= 0.3 is 0 Å². The molecule has 1 aromatic rings. The summed E-state index contributed by atoms with van der Waals surface area (Å²) in [5.41, 5.74) is 4.90. The van der Waals surface area contributed by atoms with E-state index in [2.05, 4.69) is 17.3 Å². The fourth-order valence-corrected chi connectivity index (χ4v) is 1.27. The Balaban J connectivity index is 2.95. The van der Waals surface area contributed by atoms with Crippen molar-refractivity contribution >= 4 is 5.84 Å². The Morgan fingerprint density at radius 1 is 1.43 bits per heavy atom. The number of aryl methyl sites for hydroxylation is 1. The van der Waals surface area contributed by atoms with E-state index < -0.39 is 0 Å². The van der Waals surface area contributed by atoms with Gasteiger partial charge in [0.15, 0.2) is 0 Å². The second kappa shape index (κ2) is 5.40. The number of nitrogens with one attached hydrogen (secondary N) is 1. The summed E-state index contributed by atoms with van der Waals surface area (Å²) >= 11 is 0. The molecule has 0 atom stereocenters. The van der Waals surface area contributed by atoms with E-state index in [9.17, 15) is 0 Å². The maximum absolute atomic E-state index is 5.43. The van der Waals surface area contributed by atoms with Crippen molar-refractivity contribution in [3.8, 4) is 0 Å². The maximum Gasteiger partial charge on any atom is 0.142 e. The SMILES string of the molecule is CCCN=C(NN)c1ccccc1C. The van der Waals surface area contributed by atoms with Crippen LogP contribution in [-0.4, -0.2) is 12.4 Å². The molecule has 1 aromatic carbocycles. The number of benzene rings is 1. The van der Waals surface area contributed by atoms with Gasteiger partial charge < -0.3 is 5.43 Å². The van der Waals surface area contributed by atoms with Gasteiger partial charge in [-0.2, -0.15) is 0 Å². The van der Waals surface area contributed by atoms with Gasteiger partial charge in [-0.25, -0.2) is 5.84 Å². The van der Waals surface area contributed by atoms with Crippen molar-refractivity contribution in [1.29, 1.82) is 0 Å². The minimum absolute atomic E-state index is 0.768. The van der Waals surface area contributed by atoms with Crippen LogP contribution in [0.5, 0.6) is 0 Å². The van der Waals surface area contributed by atoms with Crippen molar-refractivity contribution in [1.82, 2.24) is 5.43 Å². The normalized spacial score (nSPS) is 11.5. The zero-order valence-electron chi connectivity index (χ0n) is 8.75. The number of aliphatic imine (C=N–C) groups is 1. The first-order valence-electron chi connectivity index (χ1n) is 4.86. The summed E-state index contributed by atoms with van der Waals surface area (Å²) in [5, 5.41) is 0. The molecule has 0 bridgehead atoms. The van der Waals surface area contributed by atoms with Crippen molar-refractivity contribution in [3.05, 3.63) is 35.4 Å². The van der Waals surface area contributed by atoms with E-state index in [1.807, 2.05) is 31.2 Å². The number of hydrogen-bond donors (Lipinski definition) is 2. The van der Waals surface area contributed by atoms with Gasteiger partial charge in [-0.05, 0) is 18.9 Å². The third-order valence-electron chi connectivity index (χ3n) is 2.03. The first-order valence-corrected chi connectivity index (χ1v) is 4.86. The molecule has 0 saturated carbocycles. The molecule has 0 amide bonds. The molecular formula is C11H17N3. The zero-order chi connectivity index (χ0) is 10.4. The van der Waals surface area contributed by atoms with E-state index in [1.165, 1.54) is 5.56 Å². The van der Waals surface area contributed by atoms with Gasteiger partial charge in [-0.1, -0.05) is 31.2 Å². The van der Waals surface area contributed by atoms with Crippen LogP contribution in [0.25, 0.3) is 0 Å². The topological polar surface area (TPSA) is 50.4 Å². The zero-order valence-corrected chi connectivity index (χ0v) is 8.75. The Kier molecular flexibility index (Phi) is 4.13. The molecule has 0 fully saturated rings. The third-order valence-corrected chi connectivity index (χ3v) is 2.03. The van der Waals surface area contributed by atoms with Crippen LogP contribution in [0.4, 0.5) is 0 Å². The molecule has 3 nitrogen and oxygen atoms in total. The molecule has 14 heavy (non-hydrogen) atoms. The van der Waals surface area contributed by atoms with E-state index in [0.29, 0.717) is 0 Å². The van der Waals surface area contributed by atoms with Crippen LogP contribution in [0, 0.1) is 6.92 Å². The predicted molar refractivity (Wildman–Crippen MR) is 60.2 cm³/mol. The standard InChI is InChI=1S/C11H17N3/c1-3-8-13-11(14-12)10-7-5-4-6-9(10)2/h4-7H,3,8,12H2,1-2H3,(H,13,14). The molecule has 76 valence electrons. The fourth-order valence-electron chi connectivity index (χ4n) is 1.27. The average molecular weight is 191 g/mol. The molecule has 0 spiro atoms. The Morgan fingerprint density at radius 3 is 2.71 bits per heavy atom. The highest BCUT2D eigenvalue weighted by molar-refractivity contribution is 5.99. The lowest BCUT2D eigenvalue weighted by Crippen LogP contribution is -2.31. The smallest absolute Gasteiger partial charge is 0.142 e. The second-order valence-corrected chi connectivity index (χ2v) is 3.19. The molecule has 0 aliphatic rings. The van der Waals surface area contributed by atoms with Crippen molar-refractivity contribution in [2.45, 2.75) is 20.3 Å². The van der Waals surface area contributed by atoms with Crippen molar-refractivity contribution < 1.29 is 0 Å². The Bertz CT molecular complexity index is 318. The molecule has 3 N–H and O–H groups in total. The number of amidine groups is 1. The van der Waals surface area contributed by atoms with Crippen LogP contribution in [-0.2, 0) is 0 Å². The van der Waals surface area contributed by atoms with Gasteiger partial charge in [-0.3, -0.25) is 4.99 Å². The Morgan fingerprint density at radius 2 is 2.14 bits per heavy atom. The van der Waals surface area contributed by atoms with E-state index in [1.54, 1.807) is 0 Å². The summed E-state index contributed by atoms with van der Waals surface area (Å²) < 4.78 is 0. The van der Waals surface area contributed by atoms with Crippen LogP contribution in [0.3, 0.4) is 0 Å². The summed E-state index contributed by atoms with van der Waals surface area (Å²) in [6, 6.07) is 8.06. The lowest BCUT2D eigenvalue weighted by molar-refractivity contribution is 0.907. The molecule has 0 aromatic heterocycles. The lowest BCUT2D eigenvalue weighted by Gasteiger charge is -2.08. The maximum atomic E-state index is 5.43. The quantitative estimate of drug-likeness (QED) is 0.330. The lowest BCUT2D eigenvalue weighted by atomic mass is 10.1. The molecule has 0 saturated heterocycles. The van der Waals surface area contributed by atoms with Crippen LogP contribution in [0.1, 0.15) is 24.5 Å². The highest BCUT2D eigenvalue weighted by Crippen LogP contribution is 2.06. The van der Waals surface area contributed by atoms with Crippen molar-refractivity contribution in [2.24, 2.45) is 10.8 Å². The van der Waals surface area contributed by atoms with E-state index >= 15 is 0 Å². The Hall–Kier alpha value is -1.35. The monoisotopic (exact) mass is 191 g/mol. The van der Waals surface area contributed by atoms with Gasteiger partial charge in [0.25, 0.3) is 0 Å². The fraction of sp³-hybridized carbons (Fsp3) is 0.364. The van der Waals surface area contributed by atoms with Gasteiger partial charge in [0, 0.05) is 12.1 Å². The number of rotatable bonds is 3. The number of hydrogen-bond acceptors (Lipinski definition) is 2.